The Hall–Kier alpha value is -0.940. The quantitative estimate of drug-likeness (QED) is 0.931. The second-order valence-electron chi connectivity index (χ2n) is 4.90. The van der Waals surface area contributed by atoms with Gasteiger partial charge in [0.15, 0.2) is 0 Å². The van der Waals surface area contributed by atoms with Gasteiger partial charge in [0.2, 0.25) is 0 Å². The molecule has 1 aromatic heterocycles. The first-order chi connectivity index (χ1) is 9.54. The third-order valence-corrected chi connectivity index (χ3v) is 5.20. The minimum absolute atomic E-state index is 0.0158. The van der Waals surface area contributed by atoms with Gasteiger partial charge in [-0.1, -0.05) is 18.5 Å². The third-order valence-electron chi connectivity index (χ3n) is 3.58. The number of carbonyl (C=O) groups excluding carboxylic acids is 1. The van der Waals surface area contributed by atoms with Crippen LogP contribution in [0.3, 0.4) is 0 Å². The highest BCUT2D eigenvalue weighted by molar-refractivity contribution is 8.00. The summed E-state index contributed by atoms with van der Waals surface area (Å²) in [5, 5.41) is 4.01. The van der Waals surface area contributed by atoms with Crippen LogP contribution in [-0.4, -0.2) is 45.9 Å². The van der Waals surface area contributed by atoms with Gasteiger partial charge >= 0.3 is 0 Å². The molecular formula is C14H20ClN3OS. The Morgan fingerprint density at radius 2 is 2.35 bits per heavy atom. The SMILES string of the molecule is CCNc1ncc(C(=O)N2CCSC(C)C2C)cc1Cl. The van der Waals surface area contributed by atoms with E-state index >= 15 is 0 Å². The van der Waals surface area contributed by atoms with Crippen molar-refractivity contribution in [1.29, 1.82) is 0 Å². The smallest absolute Gasteiger partial charge is 0.255 e. The number of carbonyl (C=O) groups is 1. The van der Waals surface area contributed by atoms with Gasteiger partial charge < -0.3 is 10.2 Å². The van der Waals surface area contributed by atoms with Crippen LogP contribution < -0.4 is 5.32 Å². The maximum atomic E-state index is 12.6. The average molecular weight is 314 g/mol. The van der Waals surface area contributed by atoms with Crippen molar-refractivity contribution in [2.24, 2.45) is 0 Å². The molecule has 0 aliphatic carbocycles. The van der Waals surface area contributed by atoms with Gasteiger partial charge in [-0.25, -0.2) is 4.98 Å². The number of rotatable bonds is 3. The van der Waals surface area contributed by atoms with Gasteiger partial charge in [-0.05, 0) is 19.9 Å². The number of amides is 1. The summed E-state index contributed by atoms with van der Waals surface area (Å²) < 4.78 is 0. The number of nitrogens with one attached hydrogen (secondary N) is 1. The molecule has 6 heteroatoms. The molecule has 0 bridgehead atoms. The van der Waals surface area contributed by atoms with Crippen molar-refractivity contribution in [1.82, 2.24) is 9.88 Å². The standard InChI is InChI=1S/C14H20ClN3OS/c1-4-16-13-12(15)7-11(8-17-13)14(19)18-5-6-20-10(3)9(18)2/h7-10H,4-6H2,1-3H3,(H,16,17). The van der Waals surface area contributed by atoms with Crippen molar-refractivity contribution in [2.45, 2.75) is 32.1 Å². The van der Waals surface area contributed by atoms with Crippen LogP contribution >= 0.6 is 23.4 Å². The number of aromatic nitrogens is 1. The van der Waals surface area contributed by atoms with Crippen LogP contribution in [0.5, 0.6) is 0 Å². The summed E-state index contributed by atoms with van der Waals surface area (Å²) in [4.78, 5) is 18.7. The van der Waals surface area contributed by atoms with Crippen molar-refractivity contribution < 1.29 is 4.79 Å². The molecule has 1 fully saturated rings. The van der Waals surface area contributed by atoms with E-state index in [1.165, 1.54) is 0 Å². The lowest BCUT2D eigenvalue weighted by Gasteiger charge is -2.37. The summed E-state index contributed by atoms with van der Waals surface area (Å²) in [5.41, 5.74) is 0.558. The predicted octanol–water partition coefficient (Wildman–Crippen LogP) is 3.13. The number of hydrogen-bond acceptors (Lipinski definition) is 4. The van der Waals surface area contributed by atoms with Crippen LogP contribution in [0.2, 0.25) is 5.02 Å². The van der Waals surface area contributed by atoms with Crippen LogP contribution in [0, 0.1) is 0 Å². The van der Waals surface area contributed by atoms with Gasteiger partial charge in [-0.3, -0.25) is 4.79 Å². The van der Waals surface area contributed by atoms with Crippen molar-refractivity contribution in [3.05, 3.63) is 22.8 Å². The first-order valence-corrected chi connectivity index (χ1v) is 8.29. The molecule has 2 heterocycles. The van der Waals surface area contributed by atoms with Crippen molar-refractivity contribution in [3.8, 4) is 0 Å². The minimum atomic E-state index is 0.0158. The lowest BCUT2D eigenvalue weighted by molar-refractivity contribution is 0.0698. The third kappa shape index (κ3) is 3.20. The average Bonchev–Trinajstić information content (AvgIpc) is 2.43. The first-order valence-electron chi connectivity index (χ1n) is 6.86. The van der Waals surface area contributed by atoms with Crippen molar-refractivity contribution in [3.63, 3.8) is 0 Å². The largest absolute Gasteiger partial charge is 0.369 e. The van der Waals surface area contributed by atoms with Crippen LogP contribution in [-0.2, 0) is 0 Å². The van der Waals surface area contributed by atoms with Gasteiger partial charge in [-0.15, -0.1) is 0 Å². The Bertz CT molecular complexity index is 497. The maximum absolute atomic E-state index is 12.6. The zero-order chi connectivity index (χ0) is 14.7. The molecule has 4 nitrogen and oxygen atoms in total. The van der Waals surface area contributed by atoms with E-state index in [0.717, 1.165) is 18.8 Å². The Labute approximate surface area is 129 Å². The normalized spacial score (nSPS) is 22.7. The zero-order valence-electron chi connectivity index (χ0n) is 12.0. The highest BCUT2D eigenvalue weighted by Crippen LogP contribution is 2.27. The van der Waals surface area contributed by atoms with Gasteiger partial charge in [0.25, 0.3) is 5.91 Å². The van der Waals surface area contributed by atoms with Crippen LogP contribution in [0.25, 0.3) is 0 Å². The minimum Gasteiger partial charge on any atom is -0.369 e. The van der Waals surface area contributed by atoms with Gasteiger partial charge in [0.05, 0.1) is 10.6 Å². The topological polar surface area (TPSA) is 45.2 Å². The summed E-state index contributed by atoms with van der Waals surface area (Å²) in [6.45, 7) is 7.76. The molecule has 110 valence electrons. The van der Waals surface area contributed by atoms with E-state index in [-0.39, 0.29) is 11.9 Å². The molecule has 1 saturated heterocycles. The summed E-state index contributed by atoms with van der Waals surface area (Å²) in [5.74, 6) is 1.62. The molecule has 2 unspecified atom stereocenters. The summed E-state index contributed by atoms with van der Waals surface area (Å²) in [6.07, 6.45) is 1.60. The highest BCUT2D eigenvalue weighted by atomic mass is 35.5. The van der Waals surface area contributed by atoms with Gasteiger partial charge in [0.1, 0.15) is 5.82 Å². The van der Waals surface area contributed by atoms with Crippen LogP contribution in [0.1, 0.15) is 31.1 Å². The highest BCUT2D eigenvalue weighted by Gasteiger charge is 2.29. The Morgan fingerprint density at radius 1 is 1.60 bits per heavy atom. The molecule has 0 aromatic carbocycles. The lowest BCUT2D eigenvalue weighted by Crippen LogP contribution is -2.48. The van der Waals surface area contributed by atoms with Crippen LogP contribution in [0.4, 0.5) is 5.82 Å². The van der Waals surface area contributed by atoms with E-state index < -0.39 is 0 Å². The monoisotopic (exact) mass is 313 g/mol. The second-order valence-corrected chi connectivity index (χ2v) is 6.79. The Morgan fingerprint density at radius 3 is 3.00 bits per heavy atom. The number of anilines is 1. The lowest BCUT2D eigenvalue weighted by atomic mass is 10.1. The molecule has 1 amide bonds. The fourth-order valence-corrected chi connectivity index (χ4v) is 3.57. The van der Waals surface area contributed by atoms with E-state index in [9.17, 15) is 4.79 Å². The molecule has 0 spiro atoms. The maximum Gasteiger partial charge on any atom is 0.255 e. The Kier molecular flexibility index (Phi) is 5.16. The number of thioether (sulfide) groups is 1. The van der Waals surface area contributed by atoms with E-state index in [2.05, 4.69) is 24.1 Å². The van der Waals surface area contributed by atoms with Crippen LogP contribution in [0.15, 0.2) is 12.3 Å². The fraction of sp³-hybridized carbons (Fsp3) is 0.571. The van der Waals surface area contributed by atoms with E-state index in [1.807, 2.05) is 23.6 Å². The molecule has 1 N–H and O–H groups in total. The molecule has 20 heavy (non-hydrogen) atoms. The zero-order valence-corrected chi connectivity index (χ0v) is 13.6. The molecule has 0 saturated carbocycles. The number of pyridine rings is 1. The molecule has 1 aliphatic rings. The van der Waals surface area contributed by atoms with E-state index in [0.29, 0.717) is 21.7 Å². The number of nitrogens with zero attached hydrogens (tertiary/aromatic N) is 2. The van der Waals surface area contributed by atoms with Gasteiger partial charge in [0, 0.05) is 36.3 Å². The van der Waals surface area contributed by atoms with Crippen molar-refractivity contribution in [2.75, 3.05) is 24.2 Å². The first kappa shape index (κ1) is 15.4. The molecule has 2 atom stereocenters. The summed E-state index contributed by atoms with van der Waals surface area (Å²) in [6, 6.07) is 1.93. The summed E-state index contributed by atoms with van der Waals surface area (Å²) in [7, 11) is 0. The number of hydrogen-bond donors (Lipinski definition) is 1. The second kappa shape index (κ2) is 6.68. The molecule has 1 aromatic rings. The molecule has 1 aliphatic heterocycles. The number of halogens is 1. The predicted molar refractivity (Wildman–Crippen MR) is 85.8 cm³/mol. The van der Waals surface area contributed by atoms with Crippen molar-refractivity contribution >= 4 is 35.1 Å². The Balaban J connectivity index is 2.18. The summed E-state index contributed by atoms with van der Waals surface area (Å²) >= 11 is 8.07. The molecular weight excluding hydrogens is 294 g/mol. The fourth-order valence-electron chi connectivity index (χ4n) is 2.24. The molecule has 2 rings (SSSR count). The van der Waals surface area contributed by atoms with Gasteiger partial charge in [-0.2, -0.15) is 11.8 Å². The van der Waals surface area contributed by atoms with E-state index in [1.54, 1.807) is 12.3 Å². The molecule has 0 radical (unpaired) electrons. The van der Waals surface area contributed by atoms with E-state index in [4.69, 9.17) is 11.6 Å².